The summed E-state index contributed by atoms with van der Waals surface area (Å²) in [6.07, 6.45) is -1.76. The summed E-state index contributed by atoms with van der Waals surface area (Å²) in [7, 11) is 3.06. The van der Waals surface area contributed by atoms with Crippen molar-refractivity contribution in [3.05, 3.63) is 36.8 Å². The van der Waals surface area contributed by atoms with Crippen LogP contribution >= 0.6 is 0 Å². The SMILES string of the molecule is COc1ccc(-c2cc3ncn(CC(F)(F)F)c3cn2)cc1OC. The van der Waals surface area contributed by atoms with Crippen molar-refractivity contribution in [1.29, 1.82) is 0 Å². The summed E-state index contributed by atoms with van der Waals surface area (Å²) in [5.74, 6) is 1.12. The summed E-state index contributed by atoms with van der Waals surface area (Å²) in [5, 5.41) is 0. The van der Waals surface area contributed by atoms with Crippen molar-refractivity contribution in [2.45, 2.75) is 12.7 Å². The van der Waals surface area contributed by atoms with Gasteiger partial charge >= 0.3 is 6.18 Å². The number of halogens is 3. The van der Waals surface area contributed by atoms with Crippen molar-refractivity contribution in [1.82, 2.24) is 14.5 Å². The largest absolute Gasteiger partial charge is 0.493 e. The second-order valence-electron chi connectivity index (χ2n) is 5.12. The van der Waals surface area contributed by atoms with E-state index in [0.717, 1.165) is 16.5 Å². The molecule has 3 rings (SSSR count). The van der Waals surface area contributed by atoms with Gasteiger partial charge in [-0.2, -0.15) is 13.2 Å². The Morgan fingerprint density at radius 1 is 1.04 bits per heavy atom. The molecule has 5 nitrogen and oxygen atoms in total. The summed E-state index contributed by atoms with van der Waals surface area (Å²) in [6, 6.07) is 6.92. The number of hydrogen-bond acceptors (Lipinski definition) is 4. The van der Waals surface area contributed by atoms with E-state index in [1.807, 2.05) is 0 Å². The first-order chi connectivity index (χ1) is 11.4. The van der Waals surface area contributed by atoms with E-state index in [9.17, 15) is 13.2 Å². The zero-order valence-electron chi connectivity index (χ0n) is 13.0. The number of nitrogens with zero attached hydrogens (tertiary/aromatic N) is 3. The van der Waals surface area contributed by atoms with E-state index in [1.54, 1.807) is 24.3 Å². The van der Waals surface area contributed by atoms with Crippen LogP contribution in [0.25, 0.3) is 22.3 Å². The molecular formula is C16H14F3N3O2. The van der Waals surface area contributed by atoms with E-state index in [1.165, 1.54) is 20.4 Å². The summed E-state index contributed by atoms with van der Waals surface area (Å²) >= 11 is 0. The van der Waals surface area contributed by atoms with Gasteiger partial charge in [0, 0.05) is 5.56 Å². The van der Waals surface area contributed by atoms with Crippen LogP contribution in [0.4, 0.5) is 13.2 Å². The first-order valence-corrected chi connectivity index (χ1v) is 7.01. The van der Waals surface area contributed by atoms with Crippen LogP contribution in [0, 0.1) is 0 Å². The van der Waals surface area contributed by atoms with Gasteiger partial charge in [-0.1, -0.05) is 0 Å². The van der Waals surface area contributed by atoms with Gasteiger partial charge in [0.15, 0.2) is 11.5 Å². The highest BCUT2D eigenvalue weighted by molar-refractivity contribution is 5.79. The zero-order valence-corrected chi connectivity index (χ0v) is 13.0. The lowest BCUT2D eigenvalue weighted by molar-refractivity contribution is -0.139. The fraction of sp³-hybridized carbons (Fsp3) is 0.250. The summed E-state index contributed by atoms with van der Waals surface area (Å²) in [4.78, 5) is 8.28. The van der Waals surface area contributed by atoms with E-state index in [2.05, 4.69) is 9.97 Å². The van der Waals surface area contributed by atoms with E-state index in [0.29, 0.717) is 28.2 Å². The molecule has 0 aliphatic heterocycles. The number of methoxy groups -OCH3 is 2. The predicted molar refractivity (Wildman–Crippen MR) is 82.1 cm³/mol. The summed E-state index contributed by atoms with van der Waals surface area (Å²) < 4.78 is 49.1. The molecule has 0 N–H and O–H groups in total. The standard InChI is InChI=1S/C16H14F3N3O2/c1-23-14-4-3-10(5-15(14)24-2)11-6-12-13(7-20-11)22(9-21-12)8-16(17,18)19/h3-7,9H,8H2,1-2H3. The highest BCUT2D eigenvalue weighted by Gasteiger charge is 2.28. The Morgan fingerprint density at radius 3 is 2.46 bits per heavy atom. The Morgan fingerprint density at radius 2 is 1.79 bits per heavy atom. The minimum Gasteiger partial charge on any atom is -0.493 e. The van der Waals surface area contributed by atoms with Crippen molar-refractivity contribution in [3.63, 3.8) is 0 Å². The second kappa shape index (κ2) is 6.03. The van der Waals surface area contributed by atoms with Crippen LogP contribution < -0.4 is 9.47 Å². The van der Waals surface area contributed by atoms with Crippen molar-refractivity contribution in [2.75, 3.05) is 14.2 Å². The number of aromatic nitrogens is 3. The normalized spacial score (nSPS) is 11.7. The van der Waals surface area contributed by atoms with Crippen molar-refractivity contribution >= 4 is 11.0 Å². The number of imidazole rings is 1. The minimum absolute atomic E-state index is 0.330. The molecule has 0 spiro atoms. The lowest BCUT2D eigenvalue weighted by Gasteiger charge is -2.10. The number of benzene rings is 1. The van der Waals surface area contributed by atoms with Crippen LogP contribution in [-0.2, 0) is 6.54 Å². The Hall–Kier alpha value is -2.77. The number of fused-ring (bicyclic) bond motifs is 1. The van der Waals surface area contributed by atoms with E-state index in [4.69, 9.17) is 9.47 Å². The quantitative estimate of drug-likeness (QED) is 0.729. The third kappa shape index (κ3) is 3.12. The molecule has 0 radical (unpaired) electrons. The molecule has 3 aromatic rings. The molecule has 126 valence electrons. The molecule has 0 unspecified atom stereocenters. The molecular weight excluding hydrogens is 323 g/mol. The summed E-state index contributed by atoms with van der Waals surface area (Å²) in [5.41, 5.74) is 2.11. The van der Waals surface area contributed by atoms with Crippen LogP contribution in [0.5, 0.6) is 11.5 Å². The first kappa shape index (κ1) is 16.1. The fourth-order valence-electron chi connectivity index (χ4n) is 2.43. The number of hydrogen-bond donors (Lipinski definition) is 0. The minimum atomic E-state index is -4.31. The molecule has 1 aromatic carbocycles. The third-order valence-electron chi connectivity index (χ3n) is 3.54. The molecule has 0 aliphatic rings. The topological polar surface area (TPSA) is 49.2 Å². The van der Waals surface area contributed by atoms with E-state index in [-0.39, 0.29) is 0 Å². The fourth-order valence-corrected chi connectivity index (χ4v) is 2.43. The maximum Gasteiger partial charge on any atom is 0.406 e. The number of rotatable bonds is 4. The van der Waals surface area contributed by atoms with Gasteiger partial charge in [-0.15, -0.1) is 0 Å². The van der Waals surface area contributed by atoms with Crippen molar-refractivity contribution < 1.29 is 22.6 Å². The second-order valence-corrected chi connectivity index (χ2v) is 5.12. The smallest absolute Gasteiger partial charge is 0.406 e. The van der Waals surface area contributed by atoms with Gasteiger partial charge in [0.1, 0.15) is 6.54 Å². The Balaban J connectivity index is 2.00. The van der Waals surface area contributed by atoms with Crippen molar-refractivity contribution in [3.8, 4) is 22.8 Å². The molecule has 24 heavy (non-hydrogen) atoms. The number of alkyl halides is 3. The number of ether oxygens (including phenoxy) is 2. The molecule has 0 atom stereocenters. The van der Waals surface area contributed by atoms with Crippen LogP contribution in [0.15, 0.2) is 36.8 Å². The Kier molecular flexibility index (Phi) is 4.04. The van der Waals surface area contributed by atoms with Crippen LogP contribution in [-0.4, -0.2) is 34.9 Å². The Labute approximate surface area is 135 Å². The van der Waals surface area contributed by atoms with Crippen LogP contribution in [0.2, 0.25) is 0 Å². The highest BCUT2D eigenvalue weighted by Crippen LogP contribution is 2.32. The van der Waals surface area contributed by atoms with Gasteiger partial charge in [-0.3, -0.25) is 4.98 Å². The zero-order chi connectivity index (χ0) is 17.3. The molecule has 0 bridgehead atoms. The average molecular weight is 337 g/mol. The van der Waals surface area contributed by atoms with Gasteiger partial charge < -0.3 is 14.0 Å². The molecule has 0 aliphatic carbocycles. The molecule has 0 saturated carbocycles. The van der Waals surface area contributed by atoms with E-state index < -0.39 is 12.7 Å². The van der Waals surface area contributed by atoms with Crippen LogP contribution in [0.3, 0.4) is 0 Å². The monoisotopic (exact) mass is 337 g/mol. The predicted octanol–water partition coefficient (Wildman–Crippen LogP) is 3.68. The van der Waals surface area contributed by atoms with Gasteiger partial charge in [-0.05, 0) is 24.3 Å². The van der Waals surface area contributed by atoms with Crippen molar-refractivity contribution in [2.24, 2.45) is 0 Å². The Bertz CT molecular complexity index is 875. The van der Waals surface area contributed by atoms with Gasteiger partial charge in [0.25, 0.3) is 0 Å². The van der Waals surface area contributed by atoms with Gasteiger partial charge in [0.05, 0.1) is 43.5 Å². The molecule has 0 amide bonds. The van der Waals surface area contributed by atoms with E-state index >= 15 is 0 Å². The third-order valence-corrected chi connectivity index (χ3v) is 3.54. The lowest BCUT2D eigenvalue weighted by Crippen LogP contribution is -2.16. The van der Waals surface area contributed by atoms with Gasteiger partial charge in [0.2, 0.25) is 0 Å². The summed E-state index contributed by atoms with van der Waals surface area (Å²) in [6.45, 7) is -1.10. The van der Waals surface area contributed by atoms with Crippen LogP contribution in [0.1, 0.15) is 0 Å². The maximum absolute atomic E-state index is 12.6. The maximum atomic E-state index is 12.6. The lowest BCUT2D eigenvalue weighted by atomic mass is 10.1. The first-order valence-electron chi connectivity index (χ1n) is 7.01. The molecule has 0 fully saturated rings. The molecule has 2 heterocycles. The van der Waals surface area contributed by atoms with Gasteiger partial charge in [-0.25, -0.2) is 4.98 Å². The molecule has 8 heteroatoms. The average Bonchev–Trinajstić information content (AvgIpc) is 2.94. The number of pyridine rings is 1. The highest BCUT2D eigenvalue weighted by atomic mass is 19.4. The molecule has 0 saturated heterocycles. The molecule has 2 aromatic heterocycles.